The summed E-state index contributed by atoms with van der Waals surface area (Å²) in [5.74, 6) is 2.62. The molecule has 2 aliphatic rings. The highest BCUT2D eigenvalue weighted by atomic mass is 35.5. The van der Waals surface area contributed by atoms with Gasteiger partial charge in [-0.1, -0.05) is 37.6 Å². The predicted octanol–water partition coefficient (Wildman–Crippen LogP) is 6.26. The molecule has 0 aromatic heterocycles. The van der Waals surface area contributed by atoms with E-state index in [2.05, 4.69) is 30.9 Å². The van der Waals surface area contributed by atoms with Crippen LogP contribution >= 0.6 is 11.6 Å². The maximum absolute atomic E-state index is 6.08. The van der Waals surface area contributed by atoms with Crippen LogP contribution in [0.2, 0.25) is 5.02 Å². The van der Waals surface area contributed by atoms with E-state index in [-0.39, 0.29) is 0 Å². The van der Waals surface area contributed by atoms with E-state index in [9.17, 15) is 0 Å². The van der Waals surface area contributed by atoms with Crippen molar-refractivity contribution < 1.29 is 0 Å². The van der Waals surface area contributed by atoms with Crippen LogP contribution in [0.5, 0.6) is 0 Å². The van der Waals surface area contributed by atoms with E-state index >= 15 is 0 Å². The lowest BCUT2D eigenvalue weighted by Crippen LogP contribution is -2.40. The summed E-state index contributed by atoms with van der Waals surface area (Å²) in [6, 6.07) is 9.66. The average Bonchev–Trinajstić information content (AvgIpc) is 2.65. The SMILES string of the molecule is CC(C)CN(Cc1ccc(Cl)cc1)C1CCC(CC2CCC(N)CC2)CC1. The zero-order valence-electron chi connectivity index (χ0n) is 17.4. The van der Waals surface area contributed by atoms with Gasteiger partial charge in [0.2, 0.25) is 0 Å². The highest BCUT2D eigenvalue weighted by molar-refractivity contribution is 6.30. The predicted molar refractivity (Wildman–Crippen MR) is 117 cm³/mol. The van der Waals surface area contributed by atoms with Crippen molar-refractivity contribution >= 4 is 11.6 Å². The fraction of sp³-hybridized carbons (Fsp3) is 0.750. The highest BCUT2D eigenvalue weighted by Gasteiger charge is 2.29. The molecule has 0 spiro atoms. The first kappa shape index (κ1) is 21.1. The van der Waals surface area contributed by atoms with E-state index in [1.807, 2.05) is 12.1 Å². The lowest BCUT2D eigenvalue weighted by molar-refractivity contribution is 0.106. The van der Waals surface area contributed by atoms with Crippen LogP contribution in [0.1, 0.15) is 77.2 Å². The number of nitrogens with two attached hydrogens (primary N) is 1. The zero-order chi connectivity index (χ0) is 19.2. The molecular formula is C24H39ClN2. The van der Waals surface area contributed by atoms with Crippen LogP contribution in [-0.4, -0.2) is 23.5 Å². The Morgan fingerprint density at radius 1 is 0.926 bits per heavy atom. The lowest BCUT2D eigenvalue weighted by Gasteiger charge is -2.39. The lowest BCUT2D eigenvalue weighted by atomic mass is 9.75. The normalized spacial score (nSPS) is 29.4. The third-order valence-electron chi connectivity index (χ3n) is 6.79. The van der Waals surface area contributed by atoms with Gasteiger partial charge in [0.05, 0.1) is 0 Å². The largest absolute Gasteiger partial charge is 0.328 e. The average molecular weight is 391 g/mol. The molecule has 2 fully saturated rings. The molecule has 3 rings (SSSR count). The van der Waals surface area contributed by atoms with Crippen LogP contribution in [0.15, 0.2) is 24.3 Å². The second-order valence-electron chi connectivity index (χ2n) is 9.64. The molecule has 2 nitrogen and oxygen atoms in total. The fourth-order valence-electron chi connectivity index (χ4n) is 5.28. The van der Waals surface area contributed by atoms with Gasteiger partial charge in [-0.15, -0.1) is 0 Å². The van der Waals surface area contributed by atoms with Crippen LogP contribution in [0.3, 0.4) is 0 Å². The number of rotatable bonds is 7. The van der Waals surface area contributed by atoms with E-state index in [1.165, 1.54) is 69.9 Å². The Morgan fingerprint density at radius 3 is 2.04 bits per heavy atom. The minimum absolute atomic E-state index is 0.481. The summed E-state index contributed by atoms with van der Waals surface area (Å²) in [5, 5.41) is 0.832. The maximum Gasteiger partial charge on any atom is 0.0406 e. The molecule has 0 atom stereocenters. The van der Waals surface area contributed by atoms with E-state index in [0.29, 0.717) is 12.0 Å². The van der Waals surface area contributed by atoms with Crippen LogP contribution in [0, 0.1) is 17.8 Å². The smallest absolute Gasteiger partial charge is 0.0406 e. The number of hydrogen-bond acceptors (Lipinski definition) is 2. The maximum atomic E-state index is 6.08. The molecule has 3 heteroatoms. The van der Waals surface area contributed by atoms with Gasteiger partial charge in [-0.3, -0.25) is 4.90 Å². The van der Waals surface area contributed by atoms with Crippen LogP contribution in [0.4, 0.5) is 0 Å². The minimum atomic E-state index is 0.481. The van der Waals surface area contributed by atoms with Crippen molar-refractivity contribution in [3.8, 4) is 0 Å². The fourth-order valence-corrected chi connectivity index (χ4v) is 5.40. The summed E-state index contributed by atoms with van der Waals surface area (Å²) >= 11 is 6.06. The van der Waals surface area contributed by atoms with Crippen molar-refractivity contribution in [2.45, 2.75) is 90.3 Å². The third-order valence-corrected chi connectivity index (χ3v) is 7.04. The molecule has 152 valence electrons. The van der Waals surface area contributed by atoms with E-state index < -0.39 is 0 Å². The zero-order valence-corrected chi connectivity index (χ0v) is 18.1. The first-order chi connectivity index (χ1) is 13.0. The van der Waals surface area contributed by atoms with Crippen molar-refractivity contribution in [3.05, 3.63) is 34.9 Å². The van der Waals surface area contributed by atoms with Gasteiger partial charge in [-0.25, -0.2) is 0 Å². The molecule has 1 aromatic carbocycles. The first-order valence-corrected chi connectivity index (χ1v) is 11.6. The molecule has 2 N–H and O–H groups in total. The van der Waals surface area contributed by atoms with E-state index in [4.69, 9.17) is 17.3 Å². The summed E-state index contributed by atoms with van der Waals surface area (Å²) in [6.07, 6.45) is 12.3. The van der Waals surface area contributed by atoms with Gasteiger partial charge in [0, 0.05) is 30.2 Å². The topological polar surface area (TPSA) is 29.3 Å². The van der Waals surface area contributed by atoms with Crippen molar-refractivity contribution in [3.63, 3.8) is 0 Å². The highest BCUT2D eigenvalue weighted by Crippen LogP contribution is 2.36. The molecule has 0 unspecified atom stereocenters. The Balaban J connectivity index is 1.50. The summed E-state index contributed by atoms with van der Waals surface area (Å²) < 4.78 is 0. The summed E-state index contributed by atoms with van der Waals surface area (Å²) in [5.41, 5.74) is 7.47. The number of benzene rings is 1. The summed E-state index contributed by atoms with van der Waals surface area (Å²) in [7, 11) is 0. The van der Waals surface area contributed by atoms with E-state index in [1.54, 1.807) is 0 Å². The van der Waals surface area contributed by atoms with Gasteiger partial charge in [0.1, 0.15) is 0 Å². The van der Waals surface area contributed by atoms with E-state index in [0.717, 1.165) is 29.4 Å². The molecule has 0 bridgehead atoms. The van der Waals surface area contributed by atoms with Crippen molar-refractivity contribution in [2.75, 3.05) is 6.54 Å². The van der Waals surface area contributed by atoms with Gasteiger partial charge in [0.15, 0.2) is 0 Å². The summed E-state index contributed by atoms with van der Waals surface area (Å²) in [4.78, 5) is 2.74. The quantitative estimate of drug-likeness (QED) is 0.594. The van der Waals surface area contributed by atoms with Gasteiger partial charge in [0.25, 0.3) is 0 Å². The molecular weight excluding hydrogens is 352 g/mol. The van der Waals surface area contributed by atoms with Gasteiger partial charge in [-0.05, 0) is 93.2 Å². The van der Waals surface area contributed by atoms with Gasteiger partial charge < -0.3 is 5.73 Å². The molecule has 2 aliphatic carbocycles. The molecule has 0 heterocycles. The molecule has 0 amide bonds. The molecule has 0 radical (unpaired) electrons. The third kappa shape index (κ3) is 6.76. The standard InChI is InChI=1S/C24H39ClN2/c1-18(2)16-27(17-21-3-9-22(25)10-4-21)24-13-7-20(8-14-24)15-19-5-11-23(26)12-6-19/h3-4,9-10,18-20,23-24H,5-8,11-17,26H2,1-2H3. The van der Waals surface area contributed by atoms with Crippen LogP contribution in [-0.2, 0) is 6.54 Å². The van der Waals surface area contributed by atoms with Gasteiger partial charge >= 0.3 is 0 Å². The molecule has 2 saturated carbocycles. The molecule has 27 heavy (non-hydrogen) atoms. The van der Waals surface area contributed by atoms with Crippen molar-refractivity contribution in [1.82, 2.24) is 4.90 Å². The van der Waals surface area contributed by atoms with Crippen LogP contribution < -0.4 is 5.73 Å². The molecule has 1 aromatic rings. The number of hydrogen-bond donors (Lipinski definition) is 1. The first-order valence-electron chi connectivity index (χ1n) is 11.2. The second-order valence-corrected chi connectivity index (χ2v) is 10.1. The molecule has 0 aliphatic heterocycles. The molecule has 0 saturated heterocycles. The van der Waals surface area contributed by atoms with Crippen LogP contribution in [0.25, 0.3) is 0 Å². The van der Waals surface area contributed by atoms with Crippen molar-refractivity contribution in [1.29, 1.82) is 0 Å². The summed E-state index contributed by atoms with van der Waals surface area (Å²) in [6.45, 7) is 6.94. The Labute approximate surface area is 171 Å². The minimum Gasteiger partial charge on any atom is -0.328 e. The van der Waals surface area contributed by atoms with Gasteiger partial charge in [-0.2, -0.15) is 0 Å². The Bertz CT molecular complexity index is 540. The monoisotopic (exact) mass is 390 g/mol. The second kappa shape index (κ2) is 10.3. The van der Waals surface area contributed by atoms with Crippen molar-refractivity contribution in [2.24, 2.45) is 23.5 Å². The number of halogens is 1. The number of nitrogens with zero attached hydrogens (tertiary/aromatic N) is 1. The Kier molecular flexibility index (Phi) is 8.05. The Hall–Kier alpha value is -0.570. The Morgan fingerprint density at radius 2 is 1.48 bits per heavy atom.